The summed E-state index contributed by atoms with van der Waals surface area (Å²) in [5.41, 5.74) is 5.70. The first-order valence-corrected chi connectivity index (χ1v) is 6.22. The van der Waals surface area contributed by atoms with Crippen molar-refractivity contribution in [3.63, 3.8) is 0 Å². The number of hydrogen-bond donors (Lipinski definition) is 3. The van der Waals surface area contributed by atoms with Crippen molar-refractivity contribution in [3.8, 4) is 0 Å². The Morgan fingerprint density at radius 2 is 2.11 bits per heavy atom. The number of nitrogens with two attached hydrogens (primary N) is 1. The van der Waals surface area contributed by atoms with Gasteiger partial charge in [0, 0.05) is 17.0 Å². The quantitative estimate of drug-likeness (QED) is 0.333. The van der Waals surface area contributed by atoms with E-state index in [2.05, 4.69) is 10.5 Å². The molecule has 0 aromatic heterocycles. The summed E-state index contributed by atoms with van der Waals surface area (Å²) in [6, 6.07) is 7.18. The lowest BCUT2D eigenvalue weighted by molar-refractivity contribution is -0.120. The van der Waals surface area contributed by atoms with E-state index in [9.17, 15) is 4.79 Å². The van der Waals surface area contributed by atoms with Gasteiger partial charge in [0.1, 0.15) is 5.84 Å². The molecule has 0 unspecified atom stereocenters. The summed E-state index contributed by atoms with van der Waals surface area (Å²) in [5.74, 6) is -0.0857. The monoisotopic (exact) mass is 283 g/mol. The Bertz CT molecular complexity index is 487. The molecule has 0 radical (unpaired) electrons. The molecule has 1 rings (SSSR count). The summed E-state index contributed by atoms with van der Waals surface area (Å²) in [7, 11) is 0. The minimum Gasteiger partial charge on any atom is -0.409 e. The smallest absolute Gasteiger partial charge is 0.224 e. The first-order valence-electron chi connectivity index (χ1n) is 5.85. The molecular formula is C13H18ClN3O2. The maximum Gasteiger partial charge on any atom is 0.224 e. The number of benzene rings is 1. The van der Waals surface area contributed by atoms with Crippen molar-refractivity contribution >= 4 is 23.3 Å². The van der Waals surface area contributed by atoms with Crippen molar-refractivity contribution in [1.29, 1.82) is 0 Å². The van der Waals surface area contributed by atoms with Gasteiger partial charge in [0.25, 0.3) is 0 Å². The summed E-state index contributed by atoms with van der Waals surface area (Å²) in [6.07, 6.45) is 0.200. The summed E-state index contributed by atoms with van der Waals surface area (Å²) >= 11 is 5.98. The Hall–Kier alpha value is -1.75. The maximum atomic E-state index is 11.8. The second kappa shape index (κ2) is 6.43. The van der Waals surface area contributed by atoms with Crippen LogP contribution in [0.3, 0.4) is 0 Å². The third-order valence-electron chi connectivity index (χ3n) is 2.84. The van der Waals surface area contributed by atoms with Gasteiger partial charge in [0.2, 0.25) is 5.91 Å². The Morgan fingerprint density at radius 1 is 1.47 bits per heavy atom. The number of rotatable bonds is 5. The Kier molecular flexibility index (Phi) is 5.18. The normalized spacial score (nSPS) is 12.3. The molecule has 0 aliphatic carbocycles. The lowest BCUT2D eigenvalue weighted by atomic mass is 9.92. The molecule has 6 heteroatoms. The zero-order chi connectivity index (χ0) is 14.5. The fraction of sp³-hybridized carbons (Fsp3) is 0.385. The van der Waals surface area contributed by atoms with Gasteiger partial charge in [0.05, 0.1) is 6.42 Å². The van der Waals surface area contributed by atoms with E-state index < -0.39 is 5.41 Å². The van der Waals surface area contributed by atoms with Crippen molar-refractivity contribution in [3.05, 3.63) is 34.9 Å². The van der Waals surface area contributed by atoms with Gasteiger partial charge >= 0.3 is 0 Å². The number of halogens is 1. The van der Waals surface area contributed by atoms with E-state index in [0.717, 1.165) is 5.56 Å². The summed E-state index contributed by atoms with van der Waals surface area (Å²) in [4.78, 5) is 11.8. The van der Waals surface area contributed by atoms with Gasteiger partial charge < -0.3 is 16.3 Å². The van der Waals surface area contributed by atoms with Crippen LogP contribution >= 0.6 is 11.6 Å². The number of nitrogens with one attached hydrogen (secondary N) is 1. The molecule has 0 aliphatic heterocycles. The predicted molar refractivity (Wildman–Crippen MR) is 75.4 cm³/mol. The van der Waals surface area contributed by atoms with Crippen LogP contribution in [0.1, 0.15) is 19.4 Å². The number of carbonyl (C=O) groups excluding carboxylic acids is 1. The SMILES string of the molecule is CC(C)(CNC(=O)Cc1ccccc1Cl)/C(N)=N/O. The van der Waals surface area contributed by atoms with Crippen molar-refractivity contribution in [1.82, 2.24) is 5.32 Å². The number of oxime groups is 1. The Labute approximate surface area is 117 Å². The maximum absolute atomic E-state index is 11.8. The second-order valence-corrected chi connectivity index (χ2v) is 5.32. The van der Waals surface area contributed by atoms with E-state index in [1.165, 1.54) is 0 Å². The van der Waals surface area contributed by atoms with Crippen LogP contribution in [0.2, 0.25) is 5.02 Å². The molecule has 0 fully saturated rings. The van der Waals surface area contributed by atoms with Crippen LogP contribution in [-0.4, -0.2) is 23.5 Å². The summed E-state index contributed by atoms with van der Waals surface area (Å²) < 4.78 is 0. The van der Waals surface area contributed by atoms with Gasteiger partial charge in [-0.2, -0.15) is 0 Å². The molecule has 0 spiro atoms. The molecule has 0 saturated carbocycles. The van der Waals surface area contributed by atoms with E-state index in [-0.39, 0.29) is 24.7 Å². The number of hydrogen-bond acceptors (Lipinski definition) is 3. The van der Waals surface area contributed by atoms with Crippen LogP contribution in [0.15, 0.2) is 29.4 Å². The highest BCUT2D eigenvalue weighted by atomic mass is 35.5. The topological polar surface area (TPSA) is 87.7 Å². The van der Waals surface area contributed by atoms with E-state index in [1.807, 2.05) is 12.1 Å². The molecule has 1 amide bonds. The third kappa shape index (κ3) is 4.44. The molecule has 0 aliphatic rings. The van der Waals surface area contributed by atoms with E-state index in [1.54, 1.807) is 26.0 Å². The van der Waals surface area contributed by atoms with Gasteiger partial charge in [-0.1, -0.05) is 48.8 Å². The molecule has 4 N–H and O–H groups in total. The first-order chi connectivity index (χ1) is 8.86. The Balaban J connectivity index is 2.56. The van der Waals surface area contributed by atoms with Crippen LogP contribution in [0, 0.1) is 5.41 Å². The van der Waals surface area contributed by atoms with Gasteiger partial charge in [-0.15, -0.1) is 0 Å². The van der Waals surface area contributed by atoms with Gasteiger partial charge in [-0.25, -0.2) is 0 Å². The zero-order valence-electron chi connectivity index (χ0n) is 11.0. The standard InChI is InChI=1S/C13H18ClN3O2/c1-13(2,12(15)17-19)8-16-11(18)7-9-5-3-4-6-10(9)14/h3-6,19H,7-8H2,1-2H3,(H2,15,17)(H,16,18). The average Bonchev–Trinajstić information content (AvgIpc) is 2.38. The minimum absolute atomic E-state index is 0.0746. The largest absolute Gasteiger partial charge is 0.409 e. The first kappa shape index (κ1) is 15.3. The van der Waals surface area contributed by atoms with Gasteiger partial charge in [-0.3, -0.25) is 4.79 Å². The second-order valence-electron chi connectivity index (χ2n) is 4.91. The van der Waals surface area contributed by atoms with Crippen LogP contribution in [0.5, 0.6) is 0 Å². The fourth-order valence-electron chi connectivity index (χ4n) is 1.42. The highest BCUT2D eigenvalue weighted by Gasteiger charge is 2.24. The summed E-state index contributed by atoms with van der Waals surface area (Å²) in [5, 5.41) is 14.9. The van der Waals surface area contributed by atoms with Crippen molar-refractivity contribution in [2.24, 2.45) is 16.3 Å². The van der Waals surface area contributed by atoms with E-state index in [4.69, 9.17) is 22.5 Å². The molecule has 5 nitrogen and oxygen atoms in total. The third-order valence-corrected chi connectivity index (χ3v) is 3.21. The van der Waals surface area contributed by atoms with Gasteiger partial charge in [-0.05, 0) is 11.6 Å². The van der Waals surface area contributed by atoms with Gasteiger partial charge in [0.15, 0.2) is 0 Å². The van der Waals surface area contributed by atoms with E-state index >= 15 is 0 Å². The highest BCUT2D eigenvalue weighted by Crippen LogP contribution is 2.16. The highest BCUT2D eigenvalue weighted by molar-refractivity contribution is 6.31. The molecule has 0 heterocycles. The van der Waals surface area contributed by atoms with Crippen LogP contribution in [-0.2, 0) is 11.2 Å². The van der Waals surface area contributed by atoms with Crippen molar-refractivity contribution in [2.75, 3.05) is 6.54 Å². The van der Waals surface area contributed by atoms with Crippen LogP contribution in [0.4, 0.5) is 0 Å². The summed E-state index contributed by atoms with van der Waals surface area (Å²) in [6.45, 7) is 3.84. The minimum atomic E-state index is -0.606. The van der Waals surface area contributed by atoms with Crippen molar-refractivity contribution < 1.29 is 10.0 Å². The molecule has 104 valence electrons. The predicted octanol–water partition coefficient (Wildman–Crippen LogP) is 1.77. The average molecular weight is 284 g/mol. The lowest BCUT2D eigenvalue weighted by Crippen LogP contribution is -2.43. The molecule has 1 aromatic rings. The van der Waals surface area contributed by atoms with Crippen molar-refractivity contribution in [2.45, 2.75) is 20.3 Å². The molecule has 1 aromatic carbocycles. The molecule has 0 saturated heterocycles. The molecule has 0 bridgehead atoms. The molecular weight excluding hydrogens is 266 g/mol. The van der Waals surface area contributed by atoms with Crippen LogP contribution in [0.25, 0.3) is 0 Å². The fourth-order valence-corrected chi connectivity index (χ4v) is 1.63. The van der Waals surface area contributed by atoms with Crippen LogP contribution < -0.4 is 11.1 Å². The number of carbonyl (C=O) groups is 1. The number of amides is 1. The lowest BCUT2D eigenvalue weighted by Gasteiger charge is -2.23. The molecule has 0 atom stereocenters. The van der Waals surface area contributed by atoms with E-state index in [0.29, 0.717) is 5.02 Å². The molecule has 19 heavy (non-hydrogen) atoms. The number of nitrogens with zero attached hydrogens (tertiary/aromatic N) is 1. The number of amidine groups is 1. The zero-order valence-corrected chi connectivity index (χ0v) is 11.7. The Morgan fingerprint density at radius 3 is 2.68 bits per heavy atom.